The number of carbonyl (C=O) groups is 2. The van der Waals surface area contributed by atoms with E-state index in [0.717, 1.165) is 16.0 Å². The lowest BCUT2D eigenvalue weighted by Crippen LogP contribution is -2.33. The Morgan fingerprint density at radius 1 is 0.875 bits per heavy atom. The summed E-state index contributed by atoms with van der Waals surface area (Å²) in [5.74, 6) is -0.440. The van der Waals surface area contributed by atoms with Crippen LogP contribution in [0.5, 0.6) is 5.88 Å². The van der Waals surface area contributed by atoms with Gasteiger partial charge in [0.2, 0.25) is 17.5 Å². The average Bonchev–Trinajstić information content (AvgIpc) is 3.12. The van der Waals surface area contributed by atoms with E-state index in [9.17, 15) is 14.9 Å². The van der Waals surface area contributed by atoms with Crippen molar-refractivity contribution in [3.05, 3.63) is 64.3 Å². The molecule has 2 amide bonds. The van der Waals surface area contributed by atoms with Crippen LogP contribution in [-0.2, 0) is 9.59 Å². The van der Waals surface area contributed by atoms with Gasteiger partial charge in [0.15, 0.2) is 0 Å². The number of nitriles is 1. The highest BCUT2D eigenvalue weighted by molar-refractivity contribution is 6.31. The molecule has 0 aliphatic carbocycles. The highest BCUT2D eigenvalue weighted by Crippen LogP contribution is 2.33. The second-order valence-electron chi connectivity index (χ2n) is 6.99. The van der Waals surface area contributed by atoms with Crippen molar-refractivity contribution in [1.82, 2.24) is 14.9 Å². The number of hydrogen-bond acceptors (Lipinski definition) is 6. The van der Waals surface area contributed by atoms with Gasteiger partial charge < -0.3 is 4.74 Å². The van der Waals surface area contributed by atoms with Crippen molar-refractivity contribution in [2.45, 2.75) is 12.8 Å². The van der Waals surface area contributed by atoms with Gasteiger partial charge in [-0.05, 0) is 24.3 Å². The molecule has 9 heteroatoms. The van der Waals surface area contributed by atoms with Crippen LogP contribution >= 0.6 is 23.2 Å². The van der Waals surface area contributed by atoms with E-state index < -0.39 is 0 Å². The van der Waals surface area contributed by atoms with Crippen LogP contribution < -0.4 is 4.74 Å². The number of imide groups is 1. The second kappa shape index (κ2) is 9.35. The molecule has 1 aromatic heterocycles. The third-order valence-electron chi connectivity index (χ3n) is 4.91. The Labute approximate surface area is 194 Å². The van der Waals surface area contributed by atoms with Gasteiger partial charge >= 0.3 is 0 Å². The number of nitrogens with zero attached hydrogens (tertiary/aromatic N) is 4. The molecule has 32 heavy (non-hydrogen) atoms. The molecule has 4 rings (SSSR count). The number of carbonyl (C=O) groups excluding carboxylic acids is 2. The molecule has 1 fully saturated rings. The molecule has 160 valence electrons. The Hall–Kier alpha value is -3.47. The molecule has 0 N–H and O–H groups in total. The maximum Gasteiger partial charge on any atom is 0.251 e. The topological polar surface area (TPSA) is 96.2 Å². The fraction of sp³-hybridized carbons (Fsp3) is 0.174. The molecule has 2 heterocycles. The summed E-state index contributed by atoms with van der Waals surface area (Å²) in [6.07, 6.45) is 0.414. The quantitative estimate of drug-likeness (QED) is 0.495. The van der Waals surface area contributed by atoms with Crippen molar-refractivity contribution in [3.8, 4) is 34.5 Å². The predicted octanol–water partition coefficient (Wildman–Crippen LogP) is 4.52. The van der Waals surface area contributed by atoms with Crippen LogP contribution in [-0.4, -0.2) is 39.8 Å². The van der Waals surface area contributed by atoms with Crippen molar-refractivity contribution in [2.24, 2.45) is 0 Å². The summed E-state index contributed by atoms with van der Waals surface area (Å²) >= 11 is 12.0. The minimum Gasteiger partial charge on any atom is -0.474 e. The van der Waals surface area contributed by atoms with E-state index in [-0.39, 0.29) is 49.4 Å². The number of rotatable bonds is 6. The summed E-state index contributed by atoms with van der Waals surface area (Å²) in [6, 6.07) is 16.1. The maximum absolute atomic E-state index is 11.8. The van der Waals surface area contributed by atoms with Crippen LogP contribution in [0.25, 0.3) is 22.5 Å². The first-order valence-electron chi connectivity index (χ1n) is 9.76. The predicted molar refractivity (Wildman–Crippen MR) is 119 cm³/mol. The van der Waals surface area contributed by atoms with Gasteiger partial charge in [-0.3, -0.25) is 14.5 Å². The van der Waals surface area contributed by atoms with E-state index in [2.05, 4.69) is 9.97 Å². The first-order valence-corrected chi connectivity index (χ1v) is 10.5. The summed E-state index contributed by atoms with van der Waals surface area (Å²) in [4.78, 5) is 33.8. The highest BCUT2D eigenvalue weighted by Gasteiger charge is 2.28. The molecule has 0 saturated carbocycles. The molecule has 3 aromatic rings. The zero-order valence-corrected chi connectivity index (χ0v) is 18.2. The summed E-state index contributed by atoms with van der Waals surface area (Å²) in [6.45, 7) is 0.0839. The molecular weight excluding hydrogens is 451 g/mol. The minimum absolute atomic E-state index is 0.00118. The zero-order valence-electron chi connectivity index (χ0n) is 16.7. The minimum atomic E-state index is -0.231. The second-order valence-corrected chi connectivity index (χ2v) is 7.86. The Morgan fingerprint density at radius 3 is 1.88 bits per heavy atom. The highest BCUT2D eigenvalue weighted by atomic mass is 35.5. The molecule has 0 spiro atoms. The lowest BCUT2D eigenvalue weighted by molar-refractivity contribution is -0.138. The van der Waals surface area contributed by atoms with Crippen LogP contribution in [0.1, 0.15) is 18.5 Å². The van der Waals surface area contributed by atoms with Crippen molar-refractivity contribution < 1.29 is 14.3 Å². The summed E-state index contributed by atoms with van der Waals surface area (Å²) in [5.41, 5.74) is 2.42. The molecule has 1 saturated heterocycles. The number of ether oxygens (including phenoxy) is 1. The van der Waals surface area contributed by atoms with Gasteiger partial charge in [-0.25, -0.2) is 9.97 Å². The van der Waals surface area contributed by atoms with E-state index in [1.54, 1.807) is 48.5 Å². The van der Waals surface area contributed by atoms with Crippen molar-refractivity contribution in [1.29, 1.82) is 5.26 Å². The molecule has 0 atom stereocenters. The number of likely N-dealkylation sites (tertiary alicyclic amines) is 1. The van der Waals surface area contributed by atoms with Crippen LogP contribution in [0.2, 0.25) is 10.0 Å². The van der Waals surface area contributed by atoms with E-state index in [4.69, 9.17) is 27.9 Å². The van der Waals surface area contributed by atoms with Crippen LogP contribution in [0, 0.1) is 11.3 Å². The first kappa shape index (κ1) is 21.8. The van der Waals surface area contributed by atoms with Crippen molar-refractivity contribution in [3.63, 3.8) is 0 Å². The molecule has 1 aliphatic heterocycles. The molecule has 2 aromatic carbocycles. The number of halogens is 2. The summed E-state index contributed by atoms with van der Waals surface area (Å²) < 4.78 is 5.69. The summed E-state index contributed by atoms with van der Waals surface area (Å²) in [5, 5.41) is 10.8. The fourth-order valence-corrected chi connectivity index (χ4v) is 3.57. The SMILES string of the molecule is N#Cc1nc(-c2ccc(Cl)cc2)c(-c2ccc(Cl)cc2)nc1OCCN1C(=O)CCC1=O. The Morgan fingerprint density at radius 2 is 1.38 bits per heavy atom. The first-order chi connectivity index (χ1) is 15.5. The molecule has 7 nitrogen and oxygen atoms in total. The molecular formula is C23H16Cl2N4O3. The van der Waals surface area contributed by atoms with E-state index in [1.807, 2.05) is 6.07 Å². The third kappa shape index (κ3) is 4.57. The largest absolute Gasteiger partial charge is 0.474 e. The molecule has 0 unspecified atom stereocenters. The van der Waals surface area contributed by atoms with Crippen LogP contribution in [0.15, 0.2) is 48.5 Å². The molecule has 0 bridgehead atoms. The lowest BCUT2D eigenvalue weighted by atomic mass is 10.0. The zero-order chi connectivity index (χ0) is 22.7. The number of aromatic nitrogens is 2. The molecule has 1 aliphatic rings. The Balaban J connectivity index is 1.71. The van der Waals surface area contributed by atoms with Gasteiger partial charge in [0.1, 0.15) is 18.4 Å². The summed E-state index contributed by atoms with van der Waals surface area (Å²) in [7, 11) is 0. The van der Waals surface area contributed by atoms with Crippen molar-refractivity contribution in [2.75, 3.05) is 13.2 Å². The monoisotopic (exact) mass is 466 g/mol. The number of benzene rings is 2. The van der Waals surface area contributed by atoms with Crippen LogP contribution in [0.4, 0.5) is 0 Å². The average molecular weight is 467 g/mol. The van der Waals surface area contributed by atoms with E-state index in [0.29, 0.717) is 21.4 Å². The number of amides is 2. The smallest absolute Gasteiger partial charge is 0.251 e. The fourth-order valence-electron chi connectivity index (χ4n) is 3.32. The maximum atomic E-state index is 11.8. The van der Waals surface area contributed by atoms with Gasteiger partial charge in [-0.1, -0.05) is 47.5 Å². The van der Waals surface area contributed by atoms with Gasteiger partial charge in [-0.2, -0.15) is 5.26 Å². The van der Waals surface area contributed by atoms with Gasteiger partial charge in [0, 0.05) is 34.0 Å². The molecule has 0 radical (unpaired) electrons. The Bertz CT molecular complexity index is 1210. The van der Waals surface area contributed by atoms with Gasteiger partial charge in [-0.15, -0.1) is 0 Å². The van der Waals surface area contributed by atoms with Crippen molar-refractivity contribution >= 4 is 35.0 Å². The lowest BCUT2D eigenvalue weighted by Gasteiger charge is -2.16. The van der Waals surface area contributed by atoms with E-state index >= 15 is 0 Å². The van der Waals surface area contributed by atoms with Gasteiger partial charge in [0.25, 0.3) is 5.88 Å². The third-order valence-corrected chi connectivity index (χ3v) is 5.42. The standard InChI is InChI=1S/C23H16Cl2N4O3/c24-16-5-1-14(2-6-16)21-22(15-3-7-17(25)8-4-15)28-23(18(13-26)27-21)32-12-11-29-19(30)9-10-20(29)31/h1-8H,9-12H2. The Kier molecular flexibility index (Phi) is 6.35. The van der Waals surface area contributed by atoms with Crippen LogP contribution in [0.3, 0.4) is 0 Å². The number of hydrogen-bond donors (Lipinski definition) is 0. The van der Waals surface area contributed by atoms with Gasteiger partial charge in [0.05, 0.1) is 12.2 Å². The normalized spacial score (nSPS) is 13.3. The van der Waals surface area contributed by atoms with E-state index in [1.165, 1.54) is 0 Å².